The van der Waals surface area contributed by atoms with E-state index < -0.39 is 0 Å². The van der Waals surface area contributed by atoms with Gasteiger partial charge in [-0.3, -0.25) is 14.2 Å². The number of methoxy groups -OCH3 is 1. The fourth-order valence-corrected chi connectivity index (χ4v) is 4.93. The summed E-state index contributed by atoms with van der Waals surface area (Å²) in [6.45, 7) is 2.45. The van der Waals surface area contributed by atoms with Gasteiger partial charge in [-0.05, 0) is 48.9 Å². The summed E-state index contributed by atoms with van der Waals surface area (Å²) in [4.78, 5) is 34.6. The molecular weight excluding hydrogens is 500 g/mol. The SMILES string of the molecule is CCOc1ccc(-n2c(SCC(=O)Nc3ccccc3OC)nc3c(-c4ccccc4)c[nH]c3c2=O)cc1. The van der Waals surface area contributed by atoms with Crippen LogP contribution in [0.25, 0.3) is 27.8 Å². The summed E-state index contributed by atoms with van der Waals surface area (Å²) in [6, 6.07) is 24.2. The summed E-state index contributed by atoms with van der Waals surface area (Å²) in [5, 5.41) is 3.28. The number of H-pyrrole nitrogens is 1. The van der Waals surface area contributed by atoms with Crippen molar-refractivity contribution in [1.29, 1.82) is 0 Å². The molecule has 0 fully saturated rings. The Morgan fingerprint density at radius 3 is 2.50 bits per heavy atom. The van der Waals surface area contributed by atoms with Crippen LogP contribution >= 0.6 is 11.8 Å². The van der Waals surface area contributed by atoms with Crippen LogP contribution in [0.4, 0.5) is 5.69 Å². The Labute approximate surface area is 223 Å². The van der Waals surface area contributed by atoms with E-state index in [9.17, 15) is 9.59 Å². The average Bonchev–Trinajstić information content (AvgIpc) is 3.38. The minimum Gasteiger partial charge on any atom is -0.495 e. The van der Waals surface area contributed by atoms with Crippen molar-refractivity contribution >= 4 is 34.4 Å². The molecule has 0 aliphatic carbocycles. The molecule has 0 saturated heterocycles. The second-order valence-electron chi connectivity index (χ2n) is 8.29. The number of anilines is 1. The first kappa shape index (κ1) is 25.2. The topological polar surface area (TPSA) is 98.2 Å². The number of para-hydroxylation sites is 2. The average molecular weight is 527 g/mol. The number of nitrogens with zero attached hydrogens (tertiary/aromatic N) is 2. The molecule has 0 saturated carbocycles. The van der Waals surface area contributed by atoms with Crippen LogP contribution in [0.15, 0.2) is 95.0 Å². The molecule has 0 bridgehead atoms. The largest absolute Gasteiger partial charge is 0.495 e. The number of hydrogen-bond donors (Lipinski definition) is 2. The second kappa shape index (κ2) is 11.3. The second-order valence-corrected chi connectivity index (χ2v) is 9.23. The molecule has 2 N–H and O–H groups in total. The number of benzene rings is 3. The van der Waals surface area contributed by atoms with Gasteiger partial charge in [0.05, 0.1) is 30.8 Å². The summed E-state index contributed by atoms with van der Waals surface area (Å²) in [5.41, 5.74) is 3.64. The molecule has 2 heterocycles. The molecule has 2 aromatic heterocycles. The number of aromatic amines is 1. The van der Waals surface area contributed by atoms with Crippen LogP contribution in [0.5, 0.6) is 11.5 Å². The first-order chi connectivity index (χ1) is 18.6. The lowest BCUT2D eigenvalue weighted by Crippen LogP contribution is -2.23. The minimum atomic E-state index is -0.256. The maximum atomic E-state index is 13.8. The standard InChI is InChI=1S/C29H26N4O4S/c1-3-37-21-15-13-20(14-16-21)33-28(35)27-26(22(17-30-27)19-9-5-4-6-10-19)32-29(33)38-18-25(34)31-23-11-7-8-12-24(23)36-2/h4-17,30H,3,18H2,1-2H3,(H,31,34). The zero-order valence-electron chi connectivity index (χ0n) is 20.9. The van der Waals surface area contributed by atoms with Crippen LogP contribution in [-0.2, 0) is 4.79 Å². The molecule has 0 aliphatic heterocycles. The monoisotopic (exact) mass is 526 g/mol. The molecule has 9 heteroatoms. The Morgan fingerprint density at radius 1 is 1.03 bits per heavy atom. The summed E-state index contributed by atoms with van der Waals surface area (Å²) < 4.78 is 12.4. The third-order valence-electron chi connectivity index (χ3n) is 5.87. The zero-order valence-corrected chi connectivity index (χ0v) is 21.7. The molecule has 0 radical (unpaired) electrons. The third kappa shape index (κ3) is 5.14. The zero-order chi connectivity index (χ0) is 26.5. The summed E-state index contributed by atoms with van der Waals surface area (Å²) >= 11 is 1.19. The fourth-order valence-electron chi connectivity index (χ4n) is 4.12. The van der Waals surface area contributed by atoms with Gasteiger partial charge in [0.1, 0.15) is 22.5 Å². The molecule has 0 spiro atoms. The molecule has 0 unspecified atom stereocenters. The van der Waals surface area contributed by atoms with Crippen LogP contribution in [0.2, 0.25) is 0 Å². The van der Waals surface area contributed by atoms with Gasteiger partial charge in [-0.15, -0.1) is 0 Å². The number of thioether (sulfide) groups is 1. The molecule has 192 valence electrons. The number of nitrogens with one attached hydrogen (secondary N) is 2. The van der Waals surface area contributed by atoms with Crippen LogP contribution in [-0.4, -0.2) is 39.9 Å². The Balaban J connectivity index is 1.54. The fraction of sp³-hybridized carbons (Fsp3) is 0.138. The van der Waals surface area contributed by atoms with E-state index in [1.165, 1.54) is 16.3 Å². The molecular formula is C29H26N4O4S. The van der Waals surface area contributed by atoms with Crippen LogP contribution in [0, 0.1) is 0 Å². The van der Waals surface area contributed by atoms with Crippen molar-refractivity contribution in [3.05, 3.63) is 95.4 Å². The van der Waals surface area contributed by atoms with Crippen molar-refractivity contribution in [3.63, 3.8) is 0 Å². The van der Waals surface area contributed by atoms with Crippen LogP contribution in [0.1, 0.15) is 6.92 Å². The molecule has 38 heavy (non-hydrogen) atoms. The van der Waals surface area contributed by atoms with Gasteiger partial charge in [0.25, 0.3) is 5.56 Å². The maximum absolute atomic E-state index is 13.8. The Morgan fingerprint density at radius 2 is 1.76 bits per heavy atom. The number of aromatic nitrogens is 3. The molecule has 5 rings (SSSR count). The highest BCUT2D eigenvalue weighted by molar-refractivity contribution is 7.99. The molecule has 3 aromatic carbocycles. The normalized spacial score (nSPS) is 10.9. The molecule has 0 atom stereocenters. The Hall–Kier alpha value is -4.50. The number of carbonyl (C=O) groups excluding carboxylic acids is 1. The van der Waals surface area contributed by atoms with Gasteiger partial charge in [-0.2, -0.15) is 0 Å². The quantitative estimate of drug-likeness (QED) is 0.194. The van der Waals surface area contributed by atoms with Gasteiger partial charge in [0, 0.05) is 11.8 Å². The highest BCUT2D eigenvalue weighted by atomic mass is 32.2. The first-order valence-corrected chi connectivity index (χ1v) is 13.1. The van der Waals surface area contributed by atoms with Gasteiger partial charge in [0.2, 0.25) is 5.91 Å². The Bertz CT molecular complexity index is 1630. The predicted molar refractivity (Wildman–Crippen MR) is 151 cm³/mol. The molecule has 8 nitrogen and oxygen atoms in total. The minimum absolute atomic E-state index is 0.0398. The van der Waals surface area contributed by atoms with Crippen LogP contribution < -0.4 is 20.3 Å². The number of carbonyl (C=O) groups is 1. The number of rotatable bonds is 9. The van der Waals surface area contributed by atoms with Gasteiger partial charge in [-0.25, -0.2) is 4.98 Å². The van der Waals surface area contributed by atoms with E-state index in [1.807, 2.05) is 61.5 Å². The van der Waals surface area contributed by atoms with Gasteiger partial charge in [0.15, 0.2) is 5.16 Å². The van der Waals surface area contributed by atoms with Crippen molar-refractivity contribution in [3.8, 4) is 28.3 Å². The molecule has 1 amide bonds. The number of ether oxygens (including phenoxy) is 2. The van der Waals surface area contributed by atoms with Crippen LogP contribution in [0.3, 0.4) is 0 Å². The van der Waals surface area contributed by atoms with Gasteiger partial charge < -0.3 is 19.8 Å². The summed E-state index contributed by atoms with van der Waals surface area (Å²) in [6.07, 6.45) is 1.79. The highest BCUT2D eigenvalue weighted by Crippen LogP contribution is 2.30. The van der Waals surface area contributed by atoms with E-state index in [2.05, 4.69) is 10.3 Å². The Kier molecular flexibility index (Phi) is 7.46. The summed E-state index contributed by atoms with van der Waals surface area (Å²) in [7, 11) is 1.55. The van der Waals surface area contributed by atoms with Crippen molar-refractivity contribution < 1.29 is 14.3 Å². The molecule has 5 aromatic rings. The number of amides is 1. The van der Waals surface area contributed by atoms with E-state index in [0.29, 0.717) is 45.7 Å². The first-order valence-electron chi connectivity index (χ1n) is 12.1. The summed E-state index contributed by atoms with van der Waals surface area (Å²) in [5.74, 6) is 1.06. The number of fused-ring (bicyclic) bond motifs is 1. The van der Waals surface area contributed by atoms with E-state index >= 15 is 0 Å². The lowest BCUT2D eigenvalue weighted by molar-refractivity contribution is -0.113. The predicted octanol–water partition coefficient (Wildman–Crippen LogP) is 5.52. The lowest BCUT2D eigenvalue weighted by Gasteiger charge is -2.14. The van der Waals surface area contributed by atoms with Gasteiger partial charge >= 0.3 is 0 Å². The van der Waals surface area contributed by atoms with Crippen molar-refractivity contribution in [2.45, 2.75) is 12.1 Å². The molecule has 0 aliphatic rings. The van der Waals surface area contributed by atoms with Crippen molar-refractivity contribution in [1.82, 2.24) is 14.5 Å². The van der Waals surface area contributed by atoms with Crippen molar-refractivity contribution in [2.24, 2.45) is 0 Å². The van der Waals surface area contributed by atoms with E-state index in [-0.39, 0.29) is 17.2 Å². The third-order valence-corrected chi connectivity index (χ3v) is 6.81. The highest BCUT2D eigenvalue weighted by Gasteiger charge is 2.19. The van der Waals surface area contributed by atoms with E-state index in [1.54, 1.807) is 37.6 Å². The number of hydrogen-bond acceptors (Lipinski definition) is 6. The van der Waals surface area contributed by atoms with Gasteiger partial charge in [-0.1, -0.05) is 54.2 Å². The lowest BCUT2D eigenvalue weighted by atomic mass is 10.1. The van der Waals surface area contributed by atoms with E-state index in [4.69, 9.17) is 14.5 Å². The smallest absolute Gasteiger partial charge is 0.283 e. The van der Waals surface area contributed by atoms with Crippen molar-refractivity contribution in [2.75, 3.05) is 24.8 Å². The maximum Gasteiger partial charge on any atom is 0.283 e. The van der Waals surface area contributed by atoms with E-state index in [0.717, 1.165) is 11.1 Å².